The van der Waals surface area contributed by atoms with Gasteiger partial charge in [0.1, 0.15) is 5.82 Å². The third-order valence-electron chi connectivity index (χ3n) is 4.64. The van der Waals surface area contributed by atoms with Crippen molar-refractivity contribution in [2.75, 3.05) is 0 Å². The highest BCUT2D eigenvalue weighted by Gasteiger charge is 2.29. The maximum atomic E-state index is 12.7. The van der Waals surface area contributed by atoms with Crippen molar-refractivity contribution in [1.29, 1.82) is 0 Å². The van der Waals surface area contributed by atoms with Crippen LogP contribution in [-0.2, 0) is 0 Å². The zero-order valence-corrected chi connectivity index (χ0v) is 13.1. The maximum Gasteiger partial charge on any atom is 0.194 e. The van der Waals surface area contributed by atoms with Crippen LogP contribution in [0.4, 0.5) is 0 Å². The summed E-state index contributed by atoms with van der Waals surface area (Å²) in [5.74, 6) is 0.895. The second-order valence-corrected chi connectivity index (χ2v) is 6.21. The van der Waals surface area contributed by atoms with Crippen LogP contribution in [0.25, 0.3) is 33.5 Å². The molecule has 4 aromatic rings. The molecule has 0 spiro atoms. The van der Waals surface area contributed by atoms with E-state index in [0.29, 0.717) is 0 Å². The van der Waals surface area contributed by atoms with E-state index in [0.717, 1.165) is 44.7 Å². The van der Waals surface area contributed by atoms with Crippen LogP contribution < -0.4 is 0 Å². The average molecular weight is 310 g/mol. The number of aryl methyl sites for hydroxylation is 1. The summed E-state index contributed by atoms with van der Waals surface area (Å²) in [6, 6.07) is 19.8. The summed E-state index contributed by atoms with van der Waals surface area (Å²) < 4.78 is 0. The lowest BCUT2D eigenvalue weighted by molar-refractivity contribution is 0.104. The van der Waals surface area contributed by atoms with Gasteiger partial charge in [-0.1, -0.05) is 48.5 Å². The molecule has 0 atom stereocenters. The first-order valence-corrected chi connectivity index (χ1v) is 7.96. The van der Waals surface area contributed by atoms with Crippen LogP contribution in [0, 0.1) is 6.92 Å². The Bertz CT molecular complexity index is 1140. The summed E-state index contributed by atoms with van der Waals surface area (Å²) >= 11 is 0. The van der Waals surface area contributed by atoms with Crippen LogP contribution >= 0.6 is 0 Å². The number of nitrogens with zero attached hydrogens (tertiary/aromatic N) is 1. The van der Waals surface area contributed by atoms with E-state index in [9.17, 15) is 4.79 Å². The number of imidazole rings is 1. The number of carbonyl (C=O) groups is 1. The monoisotopic (exact) mass is 310 g/mol. The number of ketones is 1. The smallest absolute Gasteiger partial charge is 0.194 e. The second kappa shape index (κ2) is 4.65. The Kier molecular flexibility index (Phi) is 2.57. The zero-order valence-electron chi connectivity index (χ0n) is 13.1. The van der Waals surface area contributed by atoms with Crippen molar-refractivity contribution in [2.45, 2.75) is 6.92 Å². The third kappa shape index (κ3) is 1.72. The van der Waals surface area contributed by atoms with Crippen molar-refractivity contribution in [3.8, 4) is 22.5 Å². The predicted octanol–water partition coefficient (Wildman–Crippen LogP) is 4.75. The molecule has 0 bridgehead atoms. The topological polar surface area (TPSA) is 45.8 Å². The van der Waals surface area contributed by atoms with Crippen molar-refractivity contribution in [3.63, 3.8) is 0 Å². The van der Waals surface area contributed by atoms with E-state index in [4.69, 9.17) is 4.98 Å². The van der Waals surface area contributed by atoms with Gasteiger partial charge in [0.05, 0.1) is 11.0 Å². The summed E-state index contributed by atoms with van der Waals surface area (Å²) in [7, 11) is 0. The van der Waals surface area contributed by atoms with Gasteiger partial charge < -0.3 is 4.98 Å². The van der Waals surface area contributed by atoms with Gasteiger partial charge in [-0.3, -0.25) is 4.79 Å². The molecule has 1 aromatic heterocycles. The van der Waals surface area contributed by atoms with Crippen molar-refractivity contribution >= 4 is 16.8 Å². The van der Waals surface area contributed by atoms with Gasteiger partial charge in [0.15, 0.2) is 5.78 Å². The molecule has 1 heterocycles. The number of fused-ring (bicyclic) bond motifs is 4. The van der Waals surface area contributed by atoms with E-state index in [-0.39, 0.29) is 5.78 Å². The van der Waals surface area contributed by atoms with E-state index in [1.165, 1.54) is 5.56 Å². The van der Waals surface area contributed by atoms with E-state index in [2.05, 4.69) is 24.0 Å². The average Bonchev–Trinajstić information content (AvgIpc) is 3.15. The van der Waals surface area contributed by atoms with Crippen LogP contribution in [0.5, 0.6) is 0 Å². The molecular formula is C21H14N2O. The first kappa shape index (κ1) is 13.3. The van der Waals surface area contributed by atoms with Crippen LogP contribution in [0.1, 0.15) is 21.5 Å². The first-order valence-electron chi connectivity index (χ1n) is 7.96. The van der Waals surface area contributed by atoms with Gasteiger partial charge >= 0.3 is 0 Å². The molecule has 1 aliphatic carbocycles. The first-order chi connectivity index (χ1) is 11.7. The Morgan fingerprint density at radius 1 is 0.833 bits per heavy atom. The lowest BCUT2D eigenvalue weighted by Gasteiger charge is -2.06. The molecule has 3 nitrogen and oxygen atoms in total. The summed E-state index contributed by atoms with van der Waals surface area (Å²) in [4.78, 5) is 20.8. The highest BCUT2D eigenvalue weighted by atomic mass is 16.1. The largest absolute Gasteiger partial charge is 0.338 e. The Morgan fingerprint density at radius 2 is 1.58 bits per heavy atom. The Balaban J connectivity index is 1.81. The highest BCUT2D eigenvalue weighted by molar-refractivity contribution is 6.23. The lowest BCUT2D eigenvalue weighted by Crippen LogP contribution is -1.94. The molecule has 5 rings (SSSR count). The minimum Gasteiger partial charge on any atom is -0.338 e. The van der Waals surface area contributed by atoms with Gasteiger partial charge in [-0.05, 0) is 30.2 Å². The van der Waals surface area contributed by atoms with Crippen LogP contribution in [-0.4, -0.2) is 15.8 Å². The second-order valence-electron chi connectivity index (χ2n) is 6.21. The summed E-state index contributed by atoms with van der Waals surface area (Å²) in [5, 5.41) is 0. The number of rotatable bonds is 1. The minimum absolute atomic E-state index is 0.0920. The fraction of sp³-hybridized carbons (Fsp3) is 0.0476. The third-order valence-corrected chi connectivity index (χ3v) is 4.64. The molecule has 114 valence electrons. The van der Waals surface area contributed by atoms with Gasteiger partial charge in [-0.15, -0.1) is 0 Å². The van der Waals surface area contributed by atoms with Crippen molar-refractivity contribution in [2.24, 2.45) is 0 Å². The fourth-order valence-corrected chi connectivity index (χ4v) is 3.52. The van der Waals surface area contributed by atoms with Crippen LogP contribution in [0.3, 0.4) is 0 Å². The number of H-pyrrole nitrogens is 1. The maximum absolute atomic E-state index is 12.7. The number of benzene rings is 3. The van der Waals surface area contributed by atoms with Crippen molar-refractivity contribution in [1.82, 2.24) is 9.97 Å². The summed E-state index contributed by atoms with van der Waals surface area (Å²) in [6.45, 7) is 2.06. The van der Waals surface area contributed by atoms with Crippen molar-refractivity contribution < 1.29 is 4.79 Å². The normalized spacial score (nSPS) is 12.5. The molecular weight excluding hydrogens is 296 g/mol. The quantitative estimate of drug-likeness (QED) is 0.485. The van der Waals surface area contributed by atoms with Crippen LogP contribution in [0.2, 0.25) is 0 Å². The number of aromatic amines is 1. The number of hydrogen-bond donors (Lipinski definition) is 1. The Hall–Kier alpha value is -3.20. The van der Waals surface area contributed by atoms with Gasteiger partial charge in [0, 0.05) is 22.3 Å². The Labute approximate surface area is 139 Å². The summed E-state index contributed by atoms with van der Waals surface area (Å²) in [5.41, 5.74) is 7.61. The van der Waals surface area contributed by atoms with Gasteiger partial charge in [-0.25, -0.2) is 4.98 Å². The number of carbonyl (C=O) groups excluding carboxylic acids is 1. The molecule has 1 N–H and O–H groups in total. The molecule has 1 aliphatic rings. The highest BCUT2D eigenvalue weighted by Crippen LogP contribution is 2.42. The van der Waals surface area contributed by atoms with E-state index < -0.39 is 0 Å². The molecule has 3 heteroatoms. The van der Waals surface area contributed by atoms with Gasteiger partial charge in [-0.2, -0.15) is 0 Å². The molecule has 0 amide bonds. The Morgan fingerprint density at radius 3 is 2.46 bits per heavy atom. The standard InChI is InChI=1S/C21H14N2O/c1-12-9-10-17-18(11-12)23-21(22-17)16-8-4-7-15-19(16)13-5-2-3-6-14(13)20(15)24/h2-11H,1H3,(H,22,23). The summed E-state index contributed by atoms with van der Waals surface area (Å²) in [6.07, 6.45) is 0. The number of nitrogens with one attached hydrogen (secondary N) is 1. The predicted molar refractivity (Wildman–Crippen MR) is 95.1 cm³/mol. The van der Waals surface area contributed by atoms with E-state index in [1.54, 1.807) is 0 Å². The van der Waals surface area contributed by atoms with E-state index >= 15 is 0 Å². The van der Waals surface area contributed by atoms with Gasteiger partial charge in [0.2, 0.25) is 0 Å². The molecule has 24 heavy (non-hydrogen) atoms. The number of aromatic nitrogens is 2. The molecule has 0 radical (unpaired) electrons. The number of hydrogen-bond acceptors (Lipinski definition) is 2. The molecule has 0 fully saturated rings. The molecule has 0 unspecified atom stereocenters. The van der Waals surface area contributed by atoms with E-state index in [1.807, 2.05) is 48.5 Å². The zero-order chi connectivity index (χ0) is 16.3. The molecule has 0 aliphatic heterocycles. The molecule has 0 saturated carbocycles. The molecule has 3 aromatic carbocycles. The van der Waals surface area contributed by atoms with Crippen molar-refractivity contribution in [3.05, 3.63) is 77.4 Å². The molecule has 0 saturated heterocycles. The van der Waals surface area contributed by atoms with Gasteiger partial charge in [0.25, 0.3) is 0 Å². The SMILES string of the molecule is Cc1ccc2nc(-c3cccc4c3-c3ccccc3C4=O)[nH]c2c1. The fourth-order valence-electron chi connectivity index (χ4n) is 3.52. The van der Waals surface area contributed by atoms with Crippen LogP contribution in [0.15, 0.2) is 60.7 Å². The minimum atomic E-state index is 0.0920. The lowest BCUT2D eigenvalue weighted by atomic mass is 9.99.